The molecule has 1 heterocycles. The number of hydrogen-bond acceptors (Lipinski definition) is 5. The minimum absolute atomic E-state index is 0.340. The SMILES string of the molecule is CCCCN1C(=O)[C@](O)(CC(=O)c2ccc(OC)c(OC)c2)c2cc(Br)ccc21. The van der Waals surface area contributed by atoms with Crippen LogP contribution in [0.15, 0.2) is 40.9 Å². The van der Waals surface area contributed by atoms with Gasteiger partial charge in [-0.15, -0.1) is 0 Å². The quantitative estimate of drug-likeness (QED) is 0.599. The first-order chi connectivity index (χ1) is 13.8. The molecule has 2 aromatic carbocycles. The van der Waals surface area contributed by atoms with Crippen LogP contribution >= 0.6 is 15.9 Å². The van der Waals surface area contributed by atoms with Gasteiger partial charge in [-0.05, 0) is 42.8 Å². The number of nitrogens with zero attached hydrogens (tertiary/aromatic N) is 1. The maximum atomic E-state index is 13.2. The number of fused-ring (bicyclic) bond motifs is 1. The Labute approximate surface area is 178 Å². The number of rotatable bonds is 8. The molecule has 3 rings (SSSR count). The Hall–Kier alpha value is -2.38. The standard InChI is InChI=1S/C22H24BrNO5/c1-4-5-10-24-17-8-7-15(23)12-16(17)22(27,21(24)26)13-18(25)14-6-9-19(28-2)20(11-14)29-3/h6-9,11-12,27H,4-5,10,13H2,1-3H3/t22-/m0/s1. The van der Waals surface area contributed by atoms with Crippen molar-refractivity contribution >= 4 is 33.3 Å². The Morgan fingerprint density at radius 1 is 1.14 bits per heavy atom. The summed E-state index contributed by atoms with van der Waals surface area (Å²) in [6.07, 6.45) is 1.37. The smallest absolute Gasteiger partial charge is 0.264 e. The molecule has 0 spiro atoms. The van der Waals surface area contributed by atoms with Gasteiger partial charge in [-0.3, -0.25) is 9.59 Å². The number of aliphatic hydroxyl groups is 1. The normalized spacial score (nSPS) is 18.0. The molecule has 0 saturated heterocycles. The largest absolute Gasteiger partial charge is 0.493 e. The Morgan fingerprint density at radius 3 is 2.52 bits per heavy atom. The van der Waals surface area contributed by atoms with E-state index in [0.29, 0.717) is 34.9 Å². The summed E-state index contributed by atoms with van der Waals surface area (Å²) in [6.45, 7) is 2.53. The van der Waals surface area contributed by atoms with Crippen molar-refractivity contribution in [2.45, 2.75) is 31.8 Å². The summed E-state index contributed by atoms with van der Waals surface area (Å²) in [5, 5.41) is 11.4. The number of halogens is 1. The summed E-state index contributed by atoms with van der Waals surface area (Å²) in [6, 6.07) is 10.1. The van der Waals surface area contributed by atoms with Crippen LogP contribution in [0.3, 0.4) is 0 Å². The number of hydrogen-bond donors (Lipinski definition) is 1. The maximum absolute atomic E-state index is 13.2. The van der Waals surface area contributed by atoms with E-state index in [-0.39, 0.29) is 12.2 Å². The fourth-order valence-corrected chi connectivity index (χ4v) is 3.94. The second kappa shape index (κ2) is 8.55. The molecule has 29 heavy (non-hydrogen) atoms. The van der Waals surface area contributed by atoms with Crippen LogP contribution in [0.25, 0.3) is 0 Å². The maximum Gasteiger partial charge on any atom is 0.264 e. The van der Waals surface area contributed by atoms with Crippen molar-refractivity contribution in [3.8, 4) is 11.5 Å². The van der Waals surface area contributed by atoms with Crippen molar-refractivity contribution < 1.29 is 24.2 Å². The van der Waals surface area contributed by atoms with Crippen LogP contribution in [0.1, 0.15) is 42.1 Å². The number of benzene rings is 2. The third kappa shape index (κ3) is 3.89. The molecular weight excluding hydrogens is 438 g/mol. The Balaban J connectivity index is 1.96. The highest BCUT2D eigenvalue weighted by molar-refractivity contribution is 9.10. The summed E-state index contributed by atoms with van der Waals surface area (Å²) >= 11 is 3.40. The zero-order valence-corrected chi connectivity index (χ0v) is 18.3. The molecule has 1 aliphatic heterocycles. The number of carbonyl (C=O) groups excluding carboxylic acids is 2. The number of Topliss-reactive ketones (excluding diaryl/α,β-unsaturated/α-hetero) is 1. The van der Waals surface area contributed by atoms with E-state index in [1.54, 1.807) is 35.2 Å². The lowest BCUT2D eigenvalue weighted by Crippen LogP contribution is -2.42. The average Bonchev–Trinajstić information content (AvgIpc) is 2.92. The third-order valence-electron chi connectivity index (χ3n) is 5.15. The van der Waals surface area contributed by atoms with E-state index in [1.165, 1.54) is 14.2 Å². The first-order valence-corrected chi connectivity index (χ1v) is 10.2. The third-order valence-corrected chi connectivity index (χ3v) is 5.64. The fraction of sp³-hybridized carbons (Fsp3) is 0.364. The lowest BCUT2D eigenvalue weighted by Gasteiger charge is -2.23. The molecule has 2 aromatic rings. The highest BCUT2D eigenvalue weighted by atomic mass is 79.9. The van der Waals surface area contributed by atoms with Gasteiger partial charge < -0.3 is 19.5 Å². The molecule has 1 amide bonds. The summed E-state index contributed by atoms with van der Waals surface area (Å²) in [5.41, 5.74) is -0.472. The Kier molecular flexibility index (Phi) is 6.29. The minimum atomic E-state index is -1.91. The molecule has 0 aliphatic carbocycles. The van der Waals surface area contributed by atoms with E-state index >= 15 is 0 Å². The number of anilines is 1. The molecule has 6 nitrogen and oxygen atoms in total. The molecule has 1 aliphatic rings. The van der Waals surface area contributed by atoms with Crippen LogP contribution in [0.2, 0.25) is 0 Å². The lowest BCUT2D eigenvalue weighted by atomic mass is 9.88. The monoisotopic (exact) mass is 461 g/mol. The predicted molar refractivity (Wildman–Crippen MR) is 114 cm³/mol. The number of unbranched alkanes of at least 4 members (excludes halogenated alkanes) is 1. The van der Waals surface area contributed by atoms with Crippen LogP contribution in [-0.4, -0.2) is 37.6 Å². The molecule has 0 bridgehead atoms. The van der Waals surface area contributed by atoms with Gasteiger partial charge in [-0.1, -0.05) is 29.3 Å². The zero-order chi connectivity index (χ0) is 21.2. The van der Waals surface area contributed by atoms with Crippen LogP contribution < -0.4 is 14.4 Å². The number of methoxy groups -OCH3 is 2. The van der Waals surface area contributed by atoms with E-state index in [2.05, 4.69) is 15.9 Å². The van der Waals surface area contributed by atoms with E-state index in [1.807, 2.05) is 13.0 Å². The molecule has 1 atom stereocenters. The molecule has 0 saturated carbocycles. The summed E-state index contributed by atoms with van der Waals surface area (Å²) in [5.74, 6) is 0.0912. The highest BCUT2D eigenvalue weighted by Crippen LogP contribution is 2.44. The van der Waals surface area contributed by atoms with E-state index in [9.17, 15) is 14.7 Å². The summed E-state index contributed by atoms with van der Waals surface area (Å²) in [7, 11) is 3.00. The van der Waals surface area contributed by atoms with Crippen LogP contribution in [0.5, 0.6) is 11.5 Å². The van der Waals surface area contributed by atoms with Crippen molar-refractivity contribution in [1.82, 2.24) is 0 Å². The molecule has 0 radical (unpaired) electrons. The predicted octanol–water partition coefficient (Wildman–Crippen LogP) is 4.07. The molecule has 0 unspecified atom stereocenters. The molecular formula is C22H24BrNO5. The van der Waals surface area contributed by atoms with Gasteiger partial charge in [0.2, 0.25) is 0 Å². The van der Waals surface area contributed by atoms with Crippen molar-refractivity contribution in [1.29, 1.82) is 0 Å². The van der Waals surface area contributed by atoms with Crippen LogP contribution in [0.4, 0.5) is 5.69 Å². The van der Waals surface area contributed by atoms with Gasteiger partial charge in [0.15, 0.2) is 22.9 Å². The van der Waals surface area contributed by atoms with Gasteiger partial charge in [0.05, 0.1) is 26.3 Å². The first kappa shape index (κ1) is 21.3. The number of ketones is 1. The first-order valence-electron chi connectivity index (χ1n) is 9.45. The van der Waals surface area contributed by atoms with Gasteiger partial charge in [0, 0.05) is 22.1 Å². The van der Waals surface area contributed by atoms with Crippen LogP contribution in [0, 0.1) is 0 Å². The Morgan fingerprint density at radius 2 is 1.86 bits per heavy atom. The van der Waals surface area contributed by atoms with Gasteiger partial charge >= 0.3 is 0 Å². The van der Waals surface area contributed by atoms with Crippen LogP contribution in [-0.2, 0) is 10.4 Å². The van der Waals surface area contributed by atoms with Gasteiger partial charge in [-0.2, -0.15) is 0 Å². The summed E-state index contributed by atoms with van der Waals surface area (Å²) in [4.78, 5) is 27.7. The minimum Gasteiger partial charge on any atom is -0.493 e. The number of amides is 1. The average molecular weight is 462 g/mol. The van der Waals surface area contributed by atoms with Crippen molar-refractivity contribution in [3.05, 3.63) is 52.0 Å². The molecule has 7 heteroatoms. The number of carbonyl (C=O) groups is 2. The fourth-order valence-electron chi connectivity index (χ4n) is 3.58. The van der Waals surface area contributed by atoms with Crippen molar-refractivity contribution in [2.75, 3.05) is 25.7 Å². The highest BCUT2D eigenvalue weighted by Gasteiger charge is 2.50. The molecule has 1 N–H and O–H groups in total. The van der Waals surface area contributed by atoms with Gasteiger partial charge in [0.1, 0.15) is 0 Å². The van der Waals surface area contributed by atoms with Crippen molar-refractivity contribution in [3.63, 3.8) is 0 Å². The van der Waals surface area contributed by atoms with Gasteiger partial charge in [0.25, 0.3) is 5.91 Å². The van der Waals surface area contributed by atoms with Crippen molar-refractivity contribution in [2.24, 2.45) is 0 Å². The zero-order valence-electron chi connectivity index (χ0n) is 16.7. The second-order valence-electron chi connectivity index (χ2n) is 7.00. The second-order valence-corrected chi connectivity index (χ2v) is 7.92. The molecule has 0 aromatic heterocycles. The van der Waals surface area contributed by atoms with E-state index in [4.69, 9.17) is 9.47 Å². The molecule has 0 fully saturated rings. The topological polar surface area (TPSA) is 76.1 Å². The van der Waals surface area contributed by atoms with E-state index < -0.39 is 11.5 Å². The summed E-state index contributed by atoms with van der Waals surface area (Å²) < 4.78 is 11.2. The van der Waals surface area contributed by atoms with Gasteiger partial charge in [-0.25, -0.2) is 0 Å². The van der Waals surface area contributed by atoms with E-state index in [0.717, 1.165) is 17.3 Å². The molecule has 154 valence electrons. The lowest BCUT2D eigenvalue weighted by molar-refractivity contribution is -0.135. The Bertz CT molecular complexity index is 945. The number of ether oxygens (including phenoxy) is 2.